The zero-order valence-corrected chi connectivity index (χ0v) is 12.7. The lowest BCUT2D eigenvalue weighted by atomic mass is 10.2. The molecule has 2 rings (SSSR count). The third kappa shape index (κ3) is 3.87. The second-order valence-corrected chi connectivity index (χ2v) is 5.32. The van der Waals surface area contributed by atoms with Crippen LogP contribution in [0.5, 0.6) is 5.75 Å². The molecule has 4 heteroatoms. The smallest absolute Gasteiger partial charge is 0.152 e. The first-order valence-electron chi connectivity index (χ1n) is 6.67. The van der Waals surface area contributed by atoms with Gasteiger partial charge in [-0.05, 0) is 50.1 Å². The molecule has 0 spiro atoms. The van der Waals surface area contributed by atoms with E-state index in [9.17, 15) is 0 Å². The summed E-state index contributed by atoms with van der Waals surface area (Å²) in [6.07, 6.45) is 1.88. The molecule has 1 aromatic heterocycles. The van der Waals surface area contributed by atoms with E-state index in [1.165, 1.54) is 0 Å². The van der Waals surface area contributed by atoms with Crippen molar-refractivity contribution in [3.05, 3.63) is 52.8 Å². The van der Waals surface area contributed by atoms with Gasteiger partial charge in [-0.3, -0.25) is 0 Å². The first-order chi connectivity index (χ1) is 9.56. The van der Waals surface area contributed by atoms with Crippen LogP contribution >= 0.6 is 11.6 Å². The van der Waals surface area contributed by atoms with E-state index in [-0.39, 0.29) is 6.10 Å². The Morgan fingerprint density at radius 3 is 2.80 bits per heavy atom. The Labute approximate surface area is 124 Å². The number of hydrogen-bond donors (Lipinski definition) is 1. The summed E-state index contributed by atoms with van der Waals surface area (Å²) in [5.41, 5.74) is 3.10. The topological polar surface area (TPSA) is 34.2 Å². The fourth-order valence-corrected chi connectivity index (χ4v) is 2.20. The molecular weight excluding hydrogens is 272 g/mol. The quantitative estimate of drug-likeness (QED) is 0.827. The van der Waals surface area contributed by atoms with Crippen LogP contribution in [-0.2, 0) is 6.54 Å². The third-order valence-electron chi connectivity index (χ3n) is 2.85. The molecule has 0 unspecified atom stereocenters. The molecule has 0 amide bonds. The molecule has 0 saturated heterocycles. The number of ether oxygens (including phenoxy) is 1. The molecule has 0 aliphatic heterocycles. The fraction of sp³-hybridized carbons (Fsp3) is 0.312. The van der Waals surface area contributed by atoms with Crippen LogP contribution in [0.2, 0.25) is 5.15 Å². The molecule has 20 heavy (non-hydrogen) atoms. The number of nitrogens with zero attached hydrogens (tertiary/aromatic N) is 1. The van der Waals surface area contributed by atoms with E-state index in [1.54, 1.807) is 6.20 Å². The largest absolute Gasteiger partial charge is 0.491 e. The normalized spacial score (nSPS) is 10.7. The molecule has 106 valence electrons. The van der Waals surface area contributed by atoms with Crippen molar-refractivity contribution in [2.45, 2.75) is 33.4 Å². The highest BCUT2D eigenvalue weighted by Gasteiger charge is 2.05. The van der Waals surface area contributed by atoms with Gasteiger partial charge in [-0.15, -0.1) is 0 Å². The highest BCUT2D eigenvalue weighted by atomic mass is 35.5. The van der Waals surface area contributed by atoms with Gasteiger partial charge in [0, 0.05) is 12.7 Å². The average molecular weight is 291 g/mol. The van der Waals surface area contributed by atoms with Crippen LogP contribution in [0.3, 0.4) is 0 Å². The molecule has 0 saturated carbocycles. The Hall–Kier alpha value is -1.74. The maximum atomic E-state index is 6.10. The Balaban J connectivity index is 2.07. The molecule has 3 nitrogen and oxygen atoms in total. The first kappa shape index (κ1) is 14.7. The fourth-order valence-electron chi connectivity index (χ4n) is 1.93. The van der Waals surface area contributed by atoms with E-state index < -0.39 is 0 Å². The molecule has 0 aliphatic rings. The minimum Gasteiger partial charge on any atom is -0.491 e. The lowest BCUT2D eigenvalue weighted by Gasteiger charge is -2.13. The third-order valence-corrected chi connectivity index (χ3v) is 3.14. The van der Waals surface area contributed by atoms with Crippen molar-refractivity contribution < 1.29 is 4.74 Å². The number of nitrogens with one attached hydrogen (secondary N) is 1. The molecule has 0 aliphatic carbocycles. The Morgan fingerprint density at radius 1 is 1.30 bits per heavy atom. The van der Waals surface area contributed by atoms with Gasteiger partial charge < -0.3 is 10.1 Å². The van der Waals surface area contributed by atoms with Crippen molar-refractivity contribution in [2.24, 2.45) is 0 Å². The molecule has 0 fully saturated rings. The highest BCUT2D eigenvalue weighted by molar-refractivity contribution is 6.32. The van der Waals surface area contributed by atoms with E-state index in [0.29, 0.717) is 11.7 Å². The van der Waals surface area contributed by atoms with E-state index in [2.05, 4.69) is 16.4 Å². The molecule has 1 aromatic carbocycles. The number of rotatable bonds is 5. The van der Waals surface area contributed by atoms with Gasteiger partial charge in [-0.2, -0.15) is 0 Å². The van der Waals surface area contributed by atoms with Gasteiger partial charge in [0.15, 0.2) is 5.15 Å². The van der Waals surface area contributed by atoms with Crippen LogP contribution in [-0.4, -0.2) is 11.1 Å². The van der Waals surface area contributed by atoms with Gasteiger partial charge in [0.25, 0.3) is 0 Å². The van der Waals surface area contributed by atoms with Gasteiger partial charge in [0.2, 0.25) is 0 Å². The summed E-state index contributed by atoms with van der Waals surface area (Å²) in [6.45, 7) is 6.73. The van der Waals surface area contributed by atoms with E-state index >= 15 is 0 Å². The number of hydrogen-bond acceptors (Lipinski definition) is 3. The predicted octanol–water partition coefficient (Wildman–Crippen LogP) is 4.44. The zero-order valence-electron chi connectivity index (χ0n) is 12.0. The summed E-state index contributed by atoms with van der Waals surface area (Å²) in [5, 5.41) is 3.83. The molecule has 1 heterocycles. The minimum atomic E-state index is 0.174. The van der Waals surface area contributed by atoms with Crippen LogP contribution in [0.25, 0.3) is 0 Å². The number of aromatic nitrogens is 1. The maximum absolute atomic E-state index is 6.10. The van der Waals surface area contributed by atoms with Crippen molar-refractivity contribution in [1.29, 1.82) is 0 Å². The number of pyridine rings is 1. The lowest BCUT2D eigenvalue weighted by Crippen LogP contribution is -2.06. The second-order valence-electron chi connectivity index (χ2n) is 4.96. The van der Waals surface area contributed by atoms with Crippen molar-refractivity contribution in [1.82, 2.24) is 4.98 Å². The van der Waals surface area contributed by atoms with Crippen molar-refractivity contribution in [2.75, 3.05) is 5.32 Å². The van der Waals surface area contributed by atoms with E-state index in [4.69, 9.17) is 16.3 Å². The Kier molecular flexibility index (Phi) is 4.85. The zero-order chi connectivity index (χ0) is 14.5. The monoisotopic (exact) mass is 290 g/mol. The number of anilines is 1. The predicted molar refractivity (Wildman–Crippen MR) is 83.5 cm³/mol. The summed E-state index contributed by atoms with van der Waals surface area (Å²) >= 11 is 6.10. The van der Waals surface area contributed by atoms with E-state index in [0.717, 1.165) is 22.6 Å². The van der Waals surface area contributed by atoms with Gasteiger partial charge in [0.05, 0.1) is 11.8 Å². The molecule has 0 atom stereocenters. The minimum absolute atomic E-state index is 0.174. The van der Waals surface area contributed by atoms with Crippen LogP contribution in [0.4, 0.5) is 5.69 Å². The molecule has 0 bridgehead atoms. The van der Waals surface area contributed by atoms with E-state index in [1.807, 2.05) is 45.0 Å². The first-order valence-corrected chi connectivity index (χ1v) is 7.04. The molecule has 0 radical (unpaired) electrons. The van der Waals surface area contributed by atoms with Crippen molar-refractivity contribution >= 4 is 17.3 Å². The van der Waals surface area contributed by atoms with Gasteiger partial charge in [-0.25, -0.2) is 4.98 Å². The van der Waals surface area contributed by atoms with Gasteiger partial charge >= 0.3 is 0 Å². The molecular formula is C16H19ClN2O. The van der Waals surface area contributed by atoms with Gasteiger partial charge in [0.1, 0.15) is 5.75 Å². The molecule has 1 N–H and O–H groups in total. The maximum Gasteiger partial charge on any atom is 0.152 e. The summed E-state index contributed by atoms with van der Waals surface area (Å²) in [7, 11) is 0. The number of aryl methyl sites for hydroxylation is 1. The lowest BCUT2D eigenvalue weighted by molar-refractivity contribution is 0.242. The SMILES string of the molecule is Cc1ccnc(Cl)c1NCc1cccc(OC(C)C)c1. The van der Waals surface area contributed by atoms with Crippen LogP contribution in [0, 0.1) is 6.92 Å². The van der Waals surface area contributed by atoms with Crippen LogP contribution in [0.15, 0.2) is 36.5 Å². The Bertz CT molecular complexity index is 564. The summed E-state index contributed by atoms with van der Waals surface area (Å²) in [4.78, 5) is 4.09. The number of halogens is 1. The standard InChI is InChI=1S/C16H19ClN2O/c1-11(2)20-14-6-4-5-13(9-14)10-19-15-12(3)7-8-18-16(15)17/h4-9,11,19H,10H2,1-3H3. The second kappa shape index (κ2) is 6.62. The number of benzene rings is 1. The van der Waals surface area contributed by atoms with Crippen molar-refractivity contribution in [3.63, 3.8) is 0 Å². The average Bonchev–Trinajstić information content (AvgIpc) is 2.38. The summed E-state index contributed by atoms with van der Waals surface area (Å²) in [5.74, 6) is 0.883. The van der Waals surface area contributed by atoms with Crippen molar-refractivity contribution in [3.8, 4) is 5.75 Å². The summed E-state index contributed by atoms with van der Waals surface area (Å²) < 4.78 is 5.69. The Morgan fingerprint density at radius 2 is 2.10 bits per heavy atom. The molecule has 2 aromatic rings. The summed E-state index contributed by atoms with van der Waals surface area (Å²) in [6, 6.07) is 9.98. The van der Waals surface area contributed by atoms with Gasteiger partial charge in [-0.1, -0.05) is 23.7 Å². The van der Waals surface area contributed by atoms with Crippen LogP contribution in [0.1, 0.15) is 25.0 Å². The van der Waals surface area contributed by atoms with Crippen LogP contribution < -0.4 is 10.1 Å². The highest BCUT2D eigenvalue weighted by Crippen LogP contribution is 2.24.